The van der Waals surface area contributed by atoms with Crippen LogP contribution >= 0.6 is 0 Å². The van der Waals surface area contributed by atoms with Crippen LogP contribution in [0.5, 0.6) is 0 Å². The number of ether oxygens (including phenoxy) is 2. The zero-order valence-electron chi connectivity index (χ0n) is 22.2. The van der Waals surface area contributed by atoms with Gasteiger partial charge in [-0.1, -0.05) is 59.8 Å². The molecule has 9 heteroatoms. The van der Waals surface area contributed by atoms with E-state index in [1.54, 1.807) is 31.2 Å². The van der Waals surface area contributed by atoms with E-state index in [-0.39, 0.29) is 0 Å². The van der Waals surface area contributed by atoms with Crippen LogP contribution in [-0.4, -0.2) is 85.6 Å². The molecule has 0 radical (unpaired) electrons. The van der Waals surface area contributed by atoms with Crippen LogP contribution in [0.15, 0.2) is 71.4 Å². The predicted molar refractivity (Wildman–Crippen MR) is 140 cm³/mol. The van der Waals surface area contributed by atoms with Crippen molar-refractivity contribution in [2.45, 2.75) is 89.9 Å². The molecule has 0 amide bonds. The Morgan fingerprint density at radius 1 is 1.03 bits per heavy atom. The molecule has 0 aromatic heterocycles. The smallest absolute Gasteiger partial charge is 0.328 e. The van der Waals surface area contributed by atoms with E-state index in [0.29, 0.717) is 12.8 Å². The molecule has 1 fully saturated rings. The van der Waals surface area contributed by atoms with Gasteiger partial charge in [0.15, 0.2) is 6.29 Å². The Morgan fingerprint density at radius 2 is 1.70 bits per heavy atom. The van der Waals surface area contributed by atoms with E-state index in [9.17, 15) is 30.3 Å². The summed E-state index contributed by atoms with van der Waals surface area (Å²) in [7, 11) is 0. The lowest BCUT2D eigenvalue weighted by molar-refractivity contribution is -0.308. The largest absolute Gasteiger partial charge is 0.478 e. The standard InChI is InChI=1S/C28H42O9/c1-18(2)13-14-21(36-27-26(34)25(33)24(32)22(17-29)37-27)20(4)11-9-10-19(3)16-28(5,35)15-8-6-7-12-23(30)31/h6-13,16,21-22,24-27,29,32-35H,14-15,17H2,1-5H3,(H,30,31)/b8-6+,10-9+,12-7+,19-16+,20-11+/t21-,22-,24-,25+,26-,27-,28+/m1/s1. The lowest BCUT2D eigenvalue weighted by Gasteiger charge is -2.41. The summed E-state index contributed by atoms with van der Waals surface area (Å²) in [5.74, 6) is -1.04. The van der Waals surface area contributed by atoms with Crippen LogP contribution < -0.4 is 0 Å². The number of allylic oxidation sites excluding steroid dienone is 7. The highest BCUT2D eigenvalue weighted by Crippen LogP contribution is 2.26. The lowest BCUT2D eigenvalue weighted by atomic mass is 9.98. The highest BCUT2D eigenvalue weighted by atomic mass is 16.7. The van der Waals surface area contributed by atoms with Gasteiger partial charge in [0.1, 0.15) is 24.4 Å². The van der Waals surface area contributed by atoms with Crippen LogP contribution in [0.2, 0.25) is 0 Å². The fourth-order valence-electron chi connectivity index (χ4n) is 3.61. The molecule has 37 heavy (non-hydrogen) atoms. The highest BCUT2D eigenvalue weighted by molar-refractivity contribution is 5.80. The Balaban J connectivity index is 2.95. The van der Waals surface area contributed by atoms with Crippen molar-refractivity contribution in [1.29, 1.82) is 0 Å². The number of aliphatic hydroxyl groups is 5. The van der Waals surface area contributed by atoms with Crippen molar-refractivity contribution >= 4 is 5.97 Å². The summed E-state index contributed by atoms with van der Waals surface area (Å²) in [5.41, 5.74) is 1.55. The zero-order valence-corrected chi connectivity index (χ0v) is 22.2. The van der Waals surface area contributed by atoms with Gasteiger partial charge in [-0.15, -0.1) is 0 Å². The first kappa shape index (κ1) is 32.7. The van der Waals surface area contributed by atoms with Gasteiger partial charge in [-0.25, -0.2) is 4.79 Å². The molecular formula is C28H42O9. The Kier molecular flexibility index (Phi) is 13.9. The molecule has 0 spiro atoms. The van der Waals surface area contributed by atoms with Gasteiger partial charge in [0.2, 0.25) is 0 Å². The quantitative estimate of drug-likeness (QED) is 0.121. The van der Waals surface area contributed by atoms with Crippen molar-refractivity contribution < 1.29 is 44.9 Å². The second kappa shape index (κ2) is 15.8. The van der Waals surface area contributed by atoms with Gasteiger partial charge in [0.05, 0.1) is 18.3 Å². The third-order valence-electron chi connectivity index (χ3n) is 5.67. The number of aliphatic carboxylic acids is 1. The number of carboxylic acid groups (broad SMARTS) is 1. The van der Waals surface area contributed by atoms with Crippen LogP contribution in [0.25, 0.3) is 0 Å². The van der Waals surface area contributed by atoms with Gasteiger partial charge in [-0.05, 0) is 53.0 Å². The van der Waals surface area contributed by atoms with E-state index in [1.807, 2.05) is 45.9 Å². The number of carboxylic acids is 1. The minimum Gasteiger partial charge on any atom is -0.478 e. The van der Waals surface area contributed by atoms with Crippen molar-refractivity contribution in [2.75, 3.05) is 6.61 Å². The molecule has 0 aliphatic carbocycles. The summed E-state index contributed by atoms with van der Waals surface area (Å²) in [4.78, 5) is 10.5. The molecule has 0 aromatic rings. The molecule has 1 saturated heterocycles. The molecule has 1 aliphatic rings. The first-order chi connectivity index (χ1) is 17.3. The van der Waals surface area contributed by atoms with Crippen LogP contribution in [0.4, 0.5) is 0 Å². The number of rotatable bonds is 13. The SMILES string of the molecule is CC(C)=CC[C@@H](O[C@@H]1O[C@H](CO)[C@@H](O)[C@H](O)[C@H]1O)/C(C)=C/C=C/C(C)=C/[C@@](C)(O)C/C=C/C=C/C(=O)O. The predicted octanol–water partition coefficient (Wildman–Crippen LogP) is 2.31. The summed E-state index contributed by atoms with van der Waals surface area (Å²) in [6.07, 6.45) is 8.25. The molecule has 0 bridgehead atoms. The molecule has 1 rings (SSSR count). The van der Waals surface area contributed by atoms with Crippen LogP contribution in [0.3, 0.4) is 0 Å². The summed E-state index contributed by atoms with van der Waals surface area (Å²) in [6.45, 7) is 8.70. The maximum atomic E-state index is 10.6. The van der Waals surface area contributed by atoms with Crippen molar-refractivity contribution in [3.05, 3.63) is 71.4 Å². The maximum Gasteiger partial charge on any atom is 0.328 e. The first-order valence-corrected chi connectivity index (χ1v) is 12.2. The fourth-order valence-corrected chi connectivity index (χ4v) is 3.61. The number of hydrogen-bond donors (Lipinski definition) is 6. The molecule has 208 valence electrons. The maximum absolute atomic E-state index is 10.6. The second-order valence-corrected chi connectivity index (χ2v) is 9.68. The summed E-state index contributed by atoms with van der Waals surface area (Å²) in [6, 6.07) is 0. The van der Waals surface area contributed by atoms with Crippen molar-refractivity contribution in [3.8, 4) is 0 Å². The number of carbonyl (C=O) groups is 1. The van der Waals surface area contributed by atoms with Gasteiger partial charge in [0, 0.05) is 6.08 Å². The van der Waals surface area contributed by atoms with Crippen molar-refractivity contribution in [1.82, 2.24) is 0 Å². The fraction of sp³-hybridized carbons (Fsp3) is 0.536. The monoisotopic (exact) mass is 522 g/mol. The third-order valence-corrected chi connectivity index (χ3v) is 5.67. The molecule has 6 N–H and O–H groups in total. The Labute approximate surface area is 219 Å². The highest BCUT2D eigenvalue weighted by Gasteiger charge is 2.44. The average Bonchev–Trinajstić information content (AvgIpc) is 2.80. The normalized spacial score (nSPS) is 28.1. The first-order valence-electron chi connectivity index (χ1n) is 12.2. The van der Waals surface area contributed by atoms with Gasteiger partial charge < -0.3 is 40.1 Å². The second-order valence-electron chi connectivity index (χ2n) is 9.68. The number of aliphatic hydroxyl groups excluding tert-OH is 4. The van der Waals surface area contributed by atoms with Gasteiger partial charge >= 0.3 is 5.97 Å². The van der Waals surface area contributed by atoms with Crippen LogP contribution in [-0.2, 0) is 14.3 Å². The Bertz CT molecular complexity index is 905. The molecule has 9 nitrogen and oxygen atoms in total. The molecule has 0 saturated carbocycles. The van der Waals surface area contributed by atoms with E-state index >= 15 is 0 Å². The van der Waals surface area contributed by atoms with Gasteiger partial charge in [0.25, 0.3) is 0 Å². The molecular weight excluding hydrogens is 480 g/mol. The van der Waals surface area contributed by atoms with Crippen molar-refractivity contribution in [2.24, 2.45) is 0 Å². The van der Waals surface area contributed by atoms with E-state index in [0.717, 1.165) is 22.8 Å². The van der Waals surface area contributed by atoms with Crippen LogP contribution in [0.1, 0.15) is 47.5 Å². The molecule has 7 atom stereocenters. The summed E-state index contributed by atoms with van der Waals surface area (Å²) < 4.78 is 11.5. The molecule has 1 aliphatic heterocycles. The summed E-state index contributed by atoms with van der Waals surface area (Å²) >= 11 is 0. The van der Waals surface area contributed by atoms with Gasteiger partial charge in [-0.3, -0.25) is 0 Å². The Morgan fingerprint density at radius 3 is 2.30 bits per heavy atom. The van der Waals surface area contributed by atoms with E-state index < -0.39 is 55.0 Å². The minimum atomic E-state index is -1.52. The molecule has 0 aromatic carbocycles. The van der Waals surface area contributed by atoms with E-state index in [1.165, 1.54) is 6.08 Å². The zero-order chi connectivity index (χ0) is 28.2. The van der Waals surface area contributed by atoms with Crippen LogP contribution in [0, 0.1) is 0 Å². The topological polar surface area (TPSA) is 157 Å². The lowest BCUT2D eigenvalue weighted by Crippen LogP contribution is -2.59. The molecule has 0 unspecified atom stereocenters. The third kappa shape index (κ3) is 12.1. The minimum absolute atomic E-state index is 0.300. The number of hydrogen-bond acceptors (Lipinski definition) is 8. The van der Waals surface area contributed by atoms with E-state index in [4.69, 9.17) is 14.6 Å². The van der Waals surface area contributed by atoms with Crippen molar-refractivity contribution in [3.63, 3.8) is 0 Å². The van der Waals surface area contributed by atoms with Gasteiger partial charge in [-0.2, -0.15) is 0 Å². The summed E-state index contributed by atoms with van der Waals surface area (Å²) in [5, 5.41) is 59.0. The average molecular weight is 523 g/mol. The molecule has 1 heterocycles. The Hall–Kier alpha value is -2.37. The van der Waals surface area contributed by atoms with E-state index in [2.05, 4.69) is 0 Å².